The van der Waals surface area contributed by atoms with Crippen molar-refractivity contribution in [1.82, 2.24) is 14.5 Å². The van der Waals surface area contributed by atoms with Crippen molar-refractivity contribution in [2.24, 2.45) is 7.05 Å². The van der Waals surface area contributed by atoms with E-state index in [-0.39, 0.29) is 5.82 Å². The molecule has 0 aliphatic carbocycles. The Bertz CT molecular complexity index is 1020. The van der Waals surface area contributed by atoms with Gasteiger partial charge in [-0.3, -0.25) is 4.72 Å². The Morgan fingerprint density at radius 2 is 1.85 bits per heavy atom. The molecule has 146 valence electrons. The number of nitrogens with zero attached hydrogens (tertiary/aromatic N) is 3. The van der Waals surface area contributed by atoms with Crippen molar-refractivity contribution in [3.05, 3.63) is 53.1 Å². The summed E-state index contributed by atoms with van der Waals surface area (Å²) in [5.74, 6) is 0.276. The second-order valence-corrected chi connectivity index (χ2v) is 10.3. The molecular formula is C19H26N4O3S. The third-order valence-corrected chi connectivity index (χ3v) is 6.86. The summed E-state index contributed by atoms with van der Waals surface area (Å²) in [5, 5.41) is 10.5. The molecule has 1 aliphatic rings. The fraction of sp³-hybridized carbons (Fsp3) is 0.421. The van der Waals surface area contributed by atoms with Gasteiger partial charge in [0, 0.05) is 37.6 Å². The molecule has 0 saturated carbocycles. The maximum Gasteiger partial charge on any atom is 0.238 e. The van der Waals surface area contributed by atoms with Gasteiger partial charge in [0.15, 0.2) is 6.23 Å². The first-order valence-electron chi connectivity index (χ1n) is 8.70. The van der Waals surface area contributed by atoms with Gasteiger partial charge >= 0.3 is 0 Å². The number of aliphatic hydroxyl groups is 1. The Balaban J connectivity index is 2.09. The van der Waals surface area contributed by atoms with Gasteiger partial charge in [-0.05, 0) is 45.4 Å². The number of nitrogens with one attached hydrogen (secondary N) is 1. The molecule has 3 rings (SSSR count). The van der Waals surface area contributed by atoms with Gasteiger partial charge in [0.2, 0.25) is 10.0 Å². The molecular weight excluding hydrogens is 364 g/mol. The molecule has 0 radical (unpaired) electrons. The molecule has 2 aromatic rings. The van der Waals surface area contributed by atoms with Crippen molar-refractivity contribution >= 4 is 21.4 Å². The van der Waals surface area contributed by atoms with Gasteiger partial charge in [-0.1, -0.05) is 6.07 Å². The van der Waals surface area contributed by atoms with E-state index in [9.17, 15) is 13.5 Å². The maximum absolute atomic E-state index is 12.5. The highest BCUT2D eigenvalue weighted by molar-refractivity contribution is 7.94. The Kier molecular flexibility index (Phi) is 4.60. The summed E-state index contributed by atoms with van der Waals surface area (Å²) in [6.45, 7) is 6.85. The molecule has 7 nitrogen and oxygen atoms in total. The average Bonchev–Trinajstić information content (AvgIpc) is 2.94. The van der Waals surface area contributed by atoms with Gasteiger partial charge in [0.25, 0.3) is 0 Å². The first kappa shape index (κ1) is 19.4. The predicted molar refractivity (Wildman–Crippen MR) is 106 cm³/mol. The lowest BCUT2D eigenvalue weighted by Crippen LogP contribution is -2.34. The molecule has 1 aliphatic heterocycles. The molecule has 0 aromatic carbocycles. The minimum absolute atomic E-state index is 0.276. The number of aliphatic hydroxyl groups excluding tert-OH is 1. The van der Waals surface area contributed by atoms with Crippen LogP contribution in [0.25, 0.3) is 5.57 Å². The van der Waals surface area contributed by atoms with E-state index in [1.54, 1.807) is 38.8 Å². The second-order valence-electron chi connectivity index (χ2n) is 7.89. The van der Waals surface area contributed by atoms with Crippen LogP contribution in [0, 0.1) is 6.92 Å². The Hall–Kier alpha value is -2.32. The van der Waals surface area contributed by atoms with Gasteiger partial charge in [0.1, 0.15) is 5.82 Å². The van der Waals surface area contributed by atoms with E-state index >= 15 is 0 Å². The summed E-state index contributed by atoms with van der Waals surface area (Å²) < 4.78 is 28.5. The lowest BCUT2D eigenvalue weighted by Gasteiger charge is -2.30. The van der Waals surface area contributed by atoms with Gasteiger partial charge < -0.3 is 14.6 Å². The molecule has 2 N–H and O–H groups in total. The molecule has 1 atom stereocenters. The lowest BCUT2D eigenvalue weighted by molar-refractivity contribution is 0.0457. The largest absolute Gasteiger partial charge is 0.368 e. The van der Waals surface area contributed by atoms with Crippen LogP contribution in [0.4, 0.5) is 5.82 Å². The van der Waals surface area contributed by atoms with E-state index in [0.717, 1.165) is 22.4 Å². The number of anilines is 1. The van der Waals surface area contributed by atoms with Crippen molar-refractivity contribution < 1.29 is 13.5 Å². The molecule has 8 heteroatoms. The zero-order chi connectivity index (χ0) is 20.1. The van der Waals surface area contributed by atoms with E-state index in [1.165, 1.54) is 0 Å². The molecule has 27 heavy (non-hydrogen) atoms. The Labute approximate surface area is 160 Å². The number of aromatic nitrogens is 2. The maximum atomic E-state index is 12.5. The van der Waals surface area contributed by atoms with E-state index < -0.39 is 21.0 Å². The highest BCUT2D eigenvalue weighted by atomic mass is 32.2. The second kappa shape index (κ2) is 6.38. The van der Waals surface area contributed by atoms with Crippen LogP contribution < -0.4 is 4.72 Å². The van der Waals surface area contributed by atoms with Gasteiger partial charge in [-0.2, -0.15) is 0 Å². The van der Waals surface area contributed by atoms with Crippen molar-refractivity contribution in [3.8, 4) is 0 Å². The third kappa shape index (κ3) is 3.35. The summed E-state index contributed by atoms with van der Waals surface area (Å²) in [6, 6.07) is 5.44. The molecule has 2 aromatic heterocycles. The molecule has 0 bridgehead atoms. The highest BCUT2D eigenvalue weighted by Gasteiger charge is 2.31. The normalized spacial score (nSPS) is 17.5. The van der Waals surface area contributed by atoms with Crippen LogP contribution in [0.3, 0.4) is 0 Å². The van der Waals surface area contributed by atoms with Crippen LogP contribution in [-0.4, -0.2) is 39.8 Å². The van der Waals surface area contributed by atoms with Crippen LogP contribution in [0.1, 0.15) is 49.5 Å². The van der Waals surface area contributed by atoms with Crippen molar-refractivity contribution in [1.29, 1.82) is 0 Å². The molecule has 0 saturated heterocycles. The molecule has 1 unspecified atom stereocenters. The van der Waals surface area contributed by atoms with Crippen LogP contribution in [0.2, 0.25) is 0 Å². The number of hydrogen-bond donors (Lipinski definition) is 2. The van der Waals surface area contributed by atoms with Crippen molar-refractivity contribution in [3.63, 3.8) is 0 Å². The lowest BCUT2D eigenvalue weighted by atomic mass is 9.96. The minimum Gasteiger partial charge on any atom is -0.368 e. The van der Waals surface area contributed by atoms with Crippen LogP contribution in [0.5, 0.6) is 0 Å². The SMILES string of the molecule is Cc1ccc(NS(=O)(=O)C(C)(C)C)nc1C1=CN(C)C(O)c2c1ccn2C. The molecule has 3 heterocycles. The van der Waals surface area contributed by atoms with E-state index in [1.807, 2.05) is 43.1 Å². The van der Waals surface area contributed by atoms with Gasteiger partial charge in [-0.15, -0.1) is 0 Å². The summed E-state index contributed by atoms with van der Waals surface area (Å²) in [7, 11) is 0.102. The standard InChI is InChI=1S/C19H26N4O3S/c1-12-7-8-15(21-27(25,26)19(2,3)4)20-16(12)14-11-23(6)18(24)17-13(14)9-10-22(17)5/h7-11,18,24H,1-6H3,(H,20,21). The Morgan fingerprint density at radius 1 is 1.19 bits per heavy atom. The Morgan fingerprint density at radius 3 is 2.48 bits per heavy atom. The van der Waals surface area contributed by atoms with E-state index in [2.05, 4.69) is 9.71 Å². The van der Waals surface area contributed by atoms with Crippen molar-refractivity contribution in [2.75, 3.05) is 11.8 Å². The number of rotatable bonds is 3. The topological polar surface area (TPSA) is 87.5 Å². The zero-order valence-electron chi connectivity index (χ0n) is 16.5. The fourth-order valence-corrected chi connectivity index (χ4v) is 3.66. The number of fused-ring (bicyclic) bond motifs is 1. The zero-order valence-corrected chi connectivity index (χ0v) is 17.3. The average molecular weight is 391 g/mol. The smallest absolute Gasteiger partial charge is 0.238 e. The van der Waals surface area contributed by atoms with Crippen LogP contribution in [-0.2, 0) is 17.1 Å². The summed E-state index contributed by atoms with van der Waals surface area (Å²) in [4.78, 5) is 6.30. The van der Waals surface area contributed by atoms with Gasteiger partial charge in [-0.25, -0.2) is 13.4 Å². The van der Waals surface area contributed by atoms with Crippen LogP contribution >= 0.6 is 0 Å². The van der Waals surface area contributed by atoms with Crippen LogP contribution in [0.15, 0.2) is 30.6 Å². The summed E-state index contributed by atoms with van der Waals surface area (Å²) in [5.41, 5.74) is 4.09. The number of aryl methyl sites for hydroxylation is 2. The summed E-state index contributed by atoms with van der Waals surface area (Å²) >= 11 is 0. The summed E-state index contributed by atoms with van der Waals surface area (Å²) in [6.07, 6.45) is 2.99. The quantitative estimate of drug-likeness (QED) is 0.841. The van der Waals surface area contributed by atoms with E-state index in [4.69, 9.17) is 0 Å². The fourth-order valence-electron chi connectivity index (χ4n) is 2.97. The number of hydrogen-bond acceptors (Lipinski definition) is 5. The first-order valence-corrected chi connectivity index (χ1v) is 10.2. The van der Waals surface area contributed by atoms with Gasteiger partial charge in [0.05, 0.1) is 16.1 Å². The van der Waals surface area contributed by atoms with E-state index in [0.29, 0.717) is 5.69 Å². The number of sulfonamides is 1. The number of pyridine rings is 1. The first-order chi connectivity index (χ1) is 12.4. The molecule has 0 amide bonds. The molecule has 0 spiro atoms. The minimum atomic E-state index is -3.57. The molecule has 0 fully saturated rings. The highest BCUT2D eigenvalue weighted by Crippen LogP contribution is 2.37. The monoisotopic (exact) mass is 390 g/mol. The predicted octanol–water partition coefficient (Wildman–Crippen LogP) is 2.59. The van der Waals surface area contributed by atoms with Crippen molar-refractivity contribution in [2.45, 2.75) is 38.7 Å². The third-order valence-electron chi connectivity index (χ3n) is 4.77.